The lowest BCUT2D eigenvalue weighted by Crippen LogP contribution is -2.27. The summed E-state index contributed by atoms with van der Waals surface area (Å²) < 4.78 is 10.2. The van der Waals surface area contributed by atoms with Gasteiger partial charge in [0, 0.05) is 0 Å². The van der Waals surface area contributed by atoms with Gasteiger partial charge in [-0.1, -0.05) is 0 Å². The zero-order valence-corrected chi connectivity index (χ0v) is 12.0. The Labute approximate surface area is 107 Å². The van der Waals surface area contributed by atoms with Crippen LogP contribution in [-0.4, -0.2) is 16.1 Å². The lowest BCUT2D eigenvalue weighted by molar-refractivity contribution is 0.0636. The van der Waals surface area contributed by atoms with Crippen molar-refractivity contribution < 1.29 is 9.53 Å². The molecule has 0 unspecified atom stereocenters. The molecule has 0 aliphatic heterocycles. The average molecular weight is 340 g/mol. The van der Waals surface area contributed by atoms with Gasteiger partial charge in [-0.3, -0.25) is 5.32 Å². The van der Waals surface area contributed by atoms with Gasteiger partial charge in [-0.05, 0) is 61.8 Å². The van der Waals surface area contributed by atoms with E-state index in [1.807, 2.05) is 27.7 Å². The highest BCUT2D eigenvalue weighted by Gasteiger charge is 2.18. The molecule has 0 aliphatic carbocycles. The van der Waals surface area contributed by atoms with Gasteiger partial charge in [0.2, 0.25) is 0 Å². The van der Waals surface area contributed by atoms with Crippen LogP contribution in [0.3, 0.4) is 0 Å². The lowest BCUT2D eigenvalue weighted by atomic mass is 10.2. The Bertz CT molecular complexity index is 371. The van der Waals surface area contributed by atoms with Gasteiger partial charge in [-0.15, -0.1) is 0 Å². The van der Waals surface area contributed by atoms with E-state index in [9.17, 15) is 4.79 Å². The molecule has 15 heavy (non-hydrogen) atoms. The average Bonchev–Trinajstić information content (AvgIpc) is 2.32. The SMILES string of the molecule is Cc1nsc(NC(=O)OC(C)(C)C)c1I. The Hall–Kier alpha value is -0.370. The van der Waals surface area contributed by atoms with Gasteiger partial charge >= 0.3 is 6.09 Å². The van der Waals surface area contributed by atoms with Crippen LogP contribution in [0.2, 0.25) is 0 Å². The van der Waals surface area contributed by atoms with Gasteiger partial charge in [0.25, 0.3) is 0 Å². The van der Waals surface area contributed by atoms with Crippen LogP contribution in [0.4, 0.5) is 9.80 Å². The first-order chi connectivity index (χ1) is 6.79. The van der Waals surface area contributed by atoms with Crippen LogP contribution in [-0.2, 0) is 4.74 Å². The molecular weight excluding hydrogens is 327 g/mol. The zero-order chi connectivity index (χ0) is 11.6. The molecule has 0 fully saturated rings. The maximum atomic E-state index is 11.4. The van der Waals surface area contributed by atoms with Crippen molar-refractivity contribution in [1.29, 1.82) is 0 Å². The van der Waals surface area contributed by atoms with Crippen LogP contribution in [0.5, 0.6) is 0 Å². The highest BCUT2D eigenvalue weighted by molar-refractivity contribution is 14.1. The summed E-state index contributed by atoms with van der Waals surface area (Å²) >= 11 is 3.41. The number of aromatic nitrogens is 1. The van der Waals surface area contributed by atoms with Crippen molar-refractivity contribution in [1.82, 2.24) is 4.37 Å². The number of hydrogen-bond donors (Lipinski definition) is 1. The largest absolute Gasteiger partial charge is 0.444 e. The number of carbonyl (C=O) groups is 1. The Balaban J connectivity index is 2.63. The maximum absolute atomic E-state index is 11.4. The molecule has 6 heteroatoms. The molecule has 4 nitrogen and oxygen atoms in total. The minimum absolute atomic E-state index is 0.441. The summed E-state index contributed by atoms with van der Waals surface area (Å²) in [6, 6.07) is 0. The molecule has 84 valence electrons. The molecule has 0 bridgehead atoms. The van der Waals surface area contributed by atoms with Crippen molar-refractivity contribution in [2.45, 2.75) is 33.3 Å². The molecule has 1 amide bonds. The summed E-state index contributed by atoms with van der Waals surface area (Å²) in [4.78, 5) is 11.4. The predicted molar refractivity (Wildman–Crippen MR) is 69.4 cm³/mol. The van der Waals surface area contributed by atoms with Crippen molar-refractivity contribution in [2.75, 3.05) is 5.32 Å². The number of rotatable bonds is 1. The standard InChI is InChI=1S/C9H13IN2O2S/c1-5-6(10)7(15-12-5)11-8(13)14-9(2,3)4/h1-4H3,(H,11,13). The van der Waals surface area contributed by atoms with Crippen molar-refractivity contribution in [3.8, 4) is 0 Å². The number of halogens is 1. The predicted octanol–water partition coefficient (Wildman–Crippen LogP) is 3.40. The second-order valence-electron chi connectivity index (χ2n) is 4.04. The summed E-state index contributed by atoms with van der Waals surface area (Å²) in [6.07, 6.45) is -0.441. The Morgan fingerprint density at radius 1 is 1.53 bits per heavy atom. The fourth-order valence-corrected chi connectivity index (χ4v) is 2.22. The van der Waals surface area contributed by atoms with Crippen LogP contribution in [0.15, 0.2) is 0 Å². The number of nitrogens with zero attached hydrogens (tertiary/aromatic N) is 1. The van der Waals surface area contributed by atoms with Crippen molar-refractivity contribution in [2.24, 2.45) is 0 Å². The van der Waals surface area contributed by atoms with Gasteiger partial charge in [0.05, 0.1) is 9.26 Å². The number of amides is 1. The number of aryl methyl sites for hydroxylation is 1. The first-order valence-corrected chi connectivity index (χ1v) is 6.26. The van der Waals surface area contributed by atoms with E-state index in [2.05, 4.69) is 32.3 Å². The molecule has 0 radical (unpaired) electrons. The second kappa shape index (κ2) is 4.65. The summed E-state index contributed by atoms with van der Waals surface area (Å²) in [5.41, 5.74) is 0.446. The maximum Gasteiger partial charge on any atom is 0.412 e. The third-order valence-electron chi connectivity index (χ3n) is 1.41. The van der Waals surface area contributed by atoms with E-state index in [-0.39, 0.29) is 0 Å². The zero-order valence-electron chi connectivity index (χ0n) is 9.05. The first kappa shape index (κ1) is 12.7. The summed E-state index contributed by atoms with van der Waals surface area (Å²) in [7, 11) is 0. The lowest BCUT2D eigenvalue weighted by Gasteiger charge is -2.19. The highest BCUT2D eigenvalue weighted by Crippen LogP contribution is 2.26. The number of hydrogen-bond acceptors (Lipinski definition) is 4. The summed E-state index contributed by atoms with van der Waals surface area (Å²) in [5, 5.41) is 3.41. The molecule has 0 aliphatic rings. The molecular formula is C9H13IN2O2S. The third-order valence-corrected chi connectivity index (χ3v) is 3.95. The fraction of sp³-hybridized carbons (Fsp3) is 0.556. The monoisotopic (exact) mass is 340 g/mol. The minimum Gasteiger partial charge on any atom is -0.444 e. The second-order valence-corrected chi connectivity index (χ2v) is 5.89. The molecule has 0 spiro atoms. The van der Waals surface area contributed by atoms with Crippen LogP contribution in [0.1, 0.15) is 26.5 Å². The van der Waals surface area contributed by atoms with Crippen molar-refractivity contribution in [3.63, 3.8) is 0 Å². The summed E-state index contributed by atoms with van der Waals surface area (Å²) in [6.45, 7) is 7.39. The smallest absolute Gasteiger partial charge is 0.412 e. The van der Waals surface area contributed by atoms with Gasteiger partial charge in [-0.2, -0.15) is 4.37 Å². The Kier molecular flexibility index (Phi) is 3.93. The normalized spacial score (nSPS) is 11.3. The number of ether oxygens (including phenoxy) is 1. The molecule has 0 atom stereocenters. The van der Waals surface area contributed by atoms with E-state index < -0.39 is 11.7 Å². The molecule has 1 heterocycles. The van der Waals surface area contributed by atoms with Crippen LogP contribution < -0.4 is 5.32 Å². The molecule has 0 saturated heterocycles. The van der Waals surface area contributed by atoms with Crippen LogP contribution >= 0.6 is 34.1 Å². The molecule has 1 rings (SSSR count). The van der Waals surface area contributed by atoms with E-state index in [1.54, 1.807) is 0 Å². The van der Waals surface area contributed by atoms with E-state index in [1.165, 1.54) is 11.5 Å². The number of carbonyl (C=O) groups excluding carboxylic acids is 1. The molecule has 1 N–H and O–H groups in total. The molecule has 1 aromatic rings. The van der Waals surface area contributed by atoms with Crippen LogP contribution in [0.25, 0.3) is 0 Å². The molecule has 0 saturated carbocycles. The molecule has 1 aromatic heterocycles. The fourth-order valence-electron chi connectivity index (χ4n) is 0.833. The highest BCUT2D eigenvalue weighted by atomic mass is 127. The first-order valence-electron chi connectivity index (χ1n) is 4.41. The van der Waals surface area contributed by atoms with Gasteiger partial charge in [0.1, 0.15) is 10.6 Å². The van der Waals surface area contributed by atoms with E-state index in [4.69, 9.17) is 4.74 Å². The topological polar surface area (TPSA) is 51.2 Å². The summed E-state index contributed by atoms with van der Waals surface area (Å²) in [5.74, 6) is 0. The van der Waals surface area contributed by atoms with E-state index in [0.29, 0.717) is 0 Å². The number of anilines is 1. The van der Waals surface area contributed by atoms with Gasteiger partial charge in [-0.25, -0.2) is 4.79 Å². The molecule has 0 aromatic carbocycles. The van der Waals surface area contributed by atoms with Gasteiger partial charge < -0.3 is 4.74 Å². The van der Waals surface area contributed by atoms with Crippen molar-refractivity contribution >= 4 is 45.2 Å². The Morgan fingerprint density at radius 3 is 2.53 bits per heavy atom. The van der Waals surface area contributed by atoms with E-state index in [0.717, 1.165) is 14.3 Å². The van der Waals surface area contributed by atoms with Crippen LogP contribution in [0, 0.1) is 10.5 Å². The van der Waals surface area contributed by atoms with Crippen molar-refractivity contribution in [3.05, 3.63) is 9.26 Å². The number of nitrogens with one attached hydrogen (secondary N) is 1. The quantitative estimate of drug-likeness (QED) is 0.797. The Morgan fingerprint density at radius 2 is 2.13 bits per heavy atom. The third kappa shape index (κ3) is 3.94. The van der Waals surface area contributed by atoms with Gasteiger partial charge in [0.15, 0.2) is 0 Å². The van der Waals surface area contributed by atoms with E-state index >= 15 is 0 Å². The minimum atomic E-state index is -0.477.